The highest BCUT2D eigenvalue weighted by Crippen LogP contribution is 2.13. The Hall–Kier alpha value is -1.27. The maximum atomic E-state index is 5.91. The molecular formula is C9H13N5S. The van der Waals surface area contributed by atoms with Gasteiger partial charge in [0, 0.05) is 11.6 Å². The van der Waals surface area contributed by atoms with Crippen molar-refractivity contribution < 1.29 is 0 Å². The minimum Gasteiger partial charge on any atom is -0.320 e. The van der Waals surface area contributed by atoms with E-state index in [9.17, 15) is 0 Å². The van der Waals surface area contributed by atoms with Crippen molar-refractivity contribution in [2.24, 2.45) is 5.73 Å². The largest absolute Gasteiger partial charge is 0.320 e. The maximum absolute atomic E-state index is 5.91. The molecule has 2 rings (SSSR count). The highest BCUT2D eigenvalue weighted by molar-refractivity contribution is 7.09. The average molecular weight is 223 g/mol. The first-order valence-electron chi connectivity index (χ1n) is 4.63. The summed E-state index contributed by atoms with van der Waals surface area (Å²) < 4.78 is 1.75. The summed E-state index contributed by atoms with van der Waals surface area (Å²) in [6.45, 7) is 4.47. The molecule has 2 N–H and O–H groups in total. The fourth-order valence-electron chi connectivity index (χ4n) is 1.14. The Morgan fingerprint density at radius 2 is 2.33 bits per heavy atom. The normalized spacial score (nSPS) is 11.9. The van der Waals surface area contributed by atoms with E-state index in [0.717, 1.165) is 10.7 Å². The molecule has 0 bridgehead atoms. The van der Waals surface area contributed by atoms with Crippen LogP contribution in [0, 0.1) is 0 Å². The van der Waals surface area contributed by atoms with E-state index in [4.69, 9.17) is 5.73 Å². The van der Waals surface area contributed by atoms with E-state index in [1.165, 1.54) is 0 Å². The van der Waals surface area contributed by atoms with Gasteiger partial charge in [-0.05, 0) is 13.8 Å². The highest BCUT2D eigenvalue weighted by Gasteiger charge is 2.18. The summed E-state index contributed by atoms with van der Waals surface area (Å²) >= 11 is 1.60. The Balaban J connectivity index is 2.15. The zero-order chi connectivity index (χ0) is 10.9. The number of hydrogen-bond acceptors (Lipinski definition) is 5. The molecule has 0 saturated carbocycles. The van der Waals surface area contributed by atoms with E-state index in [0.29, 0.717) is 6.54 Å². The SMILES string of the molecule is CC(C)(N)c1cn(Cc2nccs2)nn1. The summed E-state index contributed by atoms with van der Waals surface area (Å²) in [5.74, 6) is 0. The first kappa shape index (κ1) is 10.3. The number of rotatable bonds is 3. The van der Waals surface area contributed by atoms with Gasteiger partial charge in [-0.15, -0.1) is 16.4 Å². The van der Waals surface area contributed by atoms with Gasteiger partial charge in [0.15, 0.2) is 0 Å². The first-order valence-corrected chi connectivity index (χ1v) is 5.51. The average Bonchev–Trinajstić information content (AvgIpc) is 2.73. The van der Waals surface area contributed by atoms with Gasteiger partial charge in [-0.2, -0.15) is 0 Å². The van der Waals surface area contributed by atoms with E-state index in [2.05, 4.69) is 15.3 Å². The molecule has 2 aromatic heterocycles. The van der Waals surface area contributed by atoms with Gasteiger partial charge in [0.05, 0.1) is 18.3 Å². The second kappa shape index (κ2) is 3.71. The molecule has 0 atom stereocenters. The van der Waals surface area contributed by atoms with Gasteiger partial charge >= 0.3 is 0 Å². The fourth-order valence-corrected chi connectivity index (χ4v) is 1.75. The fraction of sp³-hybridized carbons (Fsp3) is 0.444. The molecule has 0 aliphatic rings. The zero-order valence-electron chi connectivity index (χ0n) is 8.71. The lowest BCUT2D eigenvalue weighted by Crippen LogP contribution is -2.29. The van der Waals surface area contributed by atoms with Crippen molar-refractivity contribution in [1.82, 2.24) is 20.0 Å². The molecule has 0 amide bonds. The minimum atomic E-state index is -0.443. The predicted molar refractivity (Wildman–Crippen MR) is 58.5 cm³/mol. The number of aromatic nitrogens is 4. The smallest absolute Gasteiger partial charge is 0.114 e. The van der Waals surface area contributed by atoms with Gasteiger partial charge in [0.2, 0.25) is 0 Å². The summed E-state index contributed by atoms with van der Waals surface area (Å²) in [5, 5.41) is 11.0. The molecule has 2 aromatic rings. The third-order valence-electron chi connectivity index (χ3n) is 1.98. The van der Waals surface area contributed by atoms with E-state index in [1.54, 1.807) is 22.2 Å². The van der Waals surface area contributed by atoms with Gasteiger partial charge in [-0.25, -0.2) is 9.67 Å². The monoisotopic (exact) mass is 223 g/mol. The van der Waals surface area contributed by atoms with Gasteiger partial charge in [-0.3, -0.25) is 0 Å². The molecule has 80 valence electrons. The predicted octanol–water partition coefficient (Wildman–Crippen LogP) is 0.977. The minimum absolute atomic E-state index is 0.443. The second-order valence-electron chi connectivity index (χ2n) is 3.95. The molecule has 0 fully saturated rings. The van der Waals surface area contributed by atoms with Crippen LogP contribution in [0.4, 0.5) is 0 Å². The van der Waals surface area contributed by atoms with Crippen LogP contribution in [-0.4, -0.2) is 20.0 Å². The maximum Gasteiger partial charge on any atom is 0.114 e. The van der Waals surface area contributed by atoms with Crippen molar-refractivity contribution >= 4 is 11.3 Å². The molecule has 6 heteroatoms. The lowest BCUT2D eigenvalue weighted by Gasteiger charge is -2.13. The van der Waals surface area contributed by atoms with Gasteiger partial charge < -0.3 is 5.73 Å². The zero-order valence-corrected chi connectivity index (χ0v) is 9.53. The lowest BCUT2D eigenvalue weighted by molar-refractivity contribution is 0.533. The number of thiazole rings is 1. The molecule has 5 nitrogen and oxygen atoms in total. The van der Waals surface area contributed by atoms with Crippen LogP contribution in [0.3, 0.4) is 0 Å². The van der Waals surface area contributed by atoms with Crippen molar-refractivity contribution in [3.63, 3.8) is 0 Å². The summed E-state index contributed by atoms with van der Waals surface area (Å²) in [7, 11) is 0. The summed E-state index contributed by atoms with van der Waals surface area (Å²) in [4.78, 5) is 4.18. The summed E-state index contributed by atoms with van der Waals surface area (Å²) in [6.07, 6.45) is 3.64. The van der Waals surface area contributed by atoms with Crippen molar-refractivity contribution in [3.05, 3.63) is 28.5 Å². The third kappa shape index (κ3) is 2.40. The van der Waals surface area contributed by atoms with Crippen molar-refractivity contribution in [2.45, 2.75) is 25.9 Å². The van der Waals surface area contributed by atoms with Crippen molar-refractivity contribution in [1.29, 1.82) is 0 Å². The molecule has 0 aliphatic carbocycles. The quantitative estimate of drug-likeness (QED) is 0.842. The van der Waals surface area contributed by atoms with E-state index < -0.39 is 5.54 Å². The molecule has 0 aliphatic heterocycles. The van der Waals surface area contributed by atoms with Crippen LogP contribution >= 0.6 is 11.3 Å². The molecule has 15 heavy (non-hydrogen) atoms. The Morgan fingerprint density at radius 1 is 1.53 bits per heavy atom. The first-order chi connectivity index (χ1) is 7.05. The van der Waals surface area contributed by atoms with Crippen molar-refractivity contribution in [2.75, 3.05) is 0 Å². The van der Waals surface area contributed by atoms with Crippen molar-refractivity contribution in [3.8, 4) is 0 Å². The third-order valence-corrected chi connectivity index (χ3v) is 2.74. The Kier molecular flexibility index (Phi) is 2.54. The second-order valence-corrected chi connectivity index (χ2v) is 4.93. The number of nitrogens with two attached hydrogens (primary N) is 1. The number of hydrogen-bond donors (Lipinski definition) is 1. The van der Waals surface area contributed by atoms with Crippen LogP contribution in [-0.2, 0) is 12.1 Å². The Labute approximate surface area is 91.9 Å². The topological polar surface area (TPSA) is 69.6 Å². The lowest BCUT2D eigenvalue weighted by atomic mass is 10.0. The van der Waals surface area contributed by atoms with E-state index in [-0.39, 0.29) is 0 Å². The molecule has 0 radical (unpaired) electrons. The van der Waals surface area contributed by atoms with Crippen LogP contribution in [0.2, 0.25) is 0 Å². The molecular weight excluding hydrogens is 210 g/mol. The molecule has 0 saturated heterocycles. The number of nitrogens with zero attached hydrogens (tertiary/aromatic N) is 4. The standard InChI is InChI=1S/C9H13N5S/c1-9(2,10)7-5-14(13-12-7)6-8-11-3-4-15-8/h3-5H,6,10H2,1-2H3. The molecule has 0 aromatic carbocycles. The van der Waals surface area contributed by atoms with Crippen LogP contribution in [0.1, 0.15) is 24.5 Å². The van der Waals surface area contributed by atoms with Crippen LogP contribution in [0.15, 0.2) is 17.8 Å². The van der Waals surface area contributed by atoms with E-state index in [1.807, 2.05) is 25.4 Å². The van der Waals surface area contributed by atoms with Crippen LogP contribution < -0.4 is 5.73 Å². The molecule has 0 spiro atoms. The Bertz CT molecular complexity index is 426. The Morgan fingerprint density at radius 3 is 2.87 bits per heavy atom. The van der Waals surface area contributed by atoms with Gasteiger partial charge in [0.25, 0.3) is 0 Å². The van der Waals surface area contributed by atoms with Crippen LogP contribution in [0.25, 0.3) is 0 Å². The molecule has 2 heterocycles. The molecule has 0 unspecified atom stereocenters. The van der Waals surface area contributed by atoms with Crippen LogP contribution in [0.5, 0.6) is 0 Å². The summed E-state index contributed by atoms with van der Waals surface area (Å²) in [5.41, 5.74) is 6.26. The van der Waals surface area contributed by atoms with Gasteiger partial charge in [-0.1, -0.05) is 5.21 Å². The van der Waals surface area contributed by atoms with E-state index >= 15 is 0 Å². The van der Waals surface area contributed by atoms with Gasteiger partial charge in [0.1, 0.15) is 10.7 Å². The summed E-state index contributed by atoms with van der Waals surface area (Å²) in [6, 6.07) is 0. The highest BCUT2D eigenvalue weighted by atomic mass is 32.1.